The Labute approximate surface area is 243 Å². The molecule has 0 amide bonds. The van der Waals surface area contributed by atoms with E-state index in [0.29, 0.717) is 30.4 Å². The molecule has 0 saturated carbocycles. The molecule has 2 aromatic rings. The van der Waals surface area contributed by atoms with Gasteiger partial charge in [0.2, 0.25) is 8.89 Å². The van der Waals surface area contributed by atoms with Crippen LogP contribution in [-0.4, -0.2) is 58.7 Å². The van der Waals surface area contributed by atoms with Crippen LogP contribution in [0.5, 0.6) is 11.5 Å². The molecule has 0 aliphatic rings. The normalized spacial score (nSPS) is 11.8. The standard InChI is InChI=1S/C16H20O4S2.C12H16O2S2/c1-4-9-19-15(17)13-5-7-14(8-6-13)20-10-12(2)11-22-16(18)21-3;1-10(9-16-12(13)15-2)8-14-11-6-4-3-5-7-11/h4-8,12H,1,9-11H2,2-3H3;3-7,10H,8-9H2,1-2H3. The highest BCUT2D eigenvalue weighted by atomic mass is 32.2. The SMILES string of the molecule is C=CCOC(=O)c1ccc(OCC(C)CSC(=O)SC)cc1.CSC(=O)SCC(C)COc1ccccc1. The number of carbonyl (C=O) groups is 3. The Morgan fingerprint density at radius 1 is 0.789 bits per heavy atom. The second-order valence-electron chi connectivity index (χ2n) is 8.09. The minimum atomic E-state index is -0.383. The van der Waals surface area contributed by atoms with E-state index in [4.69, 9.17) is 14.2 Å². The van der Waals surface area contributed by atoms with E-state index in [1.165, 1.54) is 53.1 Å². The summed E-state index contributed by atoms with van der Waals surface area (Å²) in [6, 6.07) is 16.5. The van der Waals surface area contributed by atoms with Crippen LogP contribution in [0.4, 0.5) is 9.59 Å². The van der Waals surface area contributed by atoms with Gasteiger partial charge in [-0.2, -0.15) is 0 Å². The monoisotopic (exact) mass is 596 g/mol. The van der Waals surface area contributed by atoms with Crippen molar-refractivity contribution in [1.82, 2.24) is 0 Å². The topological polar surface area (TPSA) is 78.9 Å². The minimum Gasteiger partial charge on any atom is -0.493 e. The molecule has 2 aromatic carbocycles. The quantitative estimate of drug-likeness (QED) is 0.167. The Morgan fingerprint density at radius 3 is 1.71 bits per heavy atom. The number of ether oxygens (including phenoxy) is 3. The maximum Gasteiger partial charge on any atom is 0.338 e. The molecule has 0 radical (unpaired) electrons. The fourth-order valence-electron chi connectivity index (χ4n) is 2.53. The van der Waals surface area contributed by atoms with Gasteiger partial charge in [0.15, 0.2) is 0 Å². The van der Waals surface area contributed by atoms with Crippen LogP contribution in [0.25, 0.3) is 0 Å². The summed E-state index contributed by atoms with van der Waals surface area (Å²) in [4.78, 5) is 33.9. The van der Waals surface area contributed by atoms with E-state index in [1.807, 2.05) is 37.3 Å². The summed E-state index contributed by atoms with van der Waals surface area (Å²) in [5.41, 5.74) is 0.475. The molecule has 208 valence electrons. The maximum atomic E-state index is 11.6. The van der Waals surface area contributed by atoms with Crippen LogP contribution in [0.1, 0.15) is 24.2 Å². The Kier molecular flexibility index (Phi) is 18.7. The van der Waals surface area contributed by atoms with Gasteiger partial charge in [-0.25, -0.2) is 4.79 Å². The highest BCUT2D eigenvalue weighted by molar-refractivity contribution is 8.38. The molecular formula is C28H36O6S4. The van der Waals surface area contributed by atoms with Gasteiger partial charge in [-0.05, 0) is 60.7 Å². The van der Waals surface area contributed by atoms with Crippen LogP contribution in [0.2, 0.25) is 0 Å². The van der Waals surface area contributed by atoms with Gasteiger partial charge >= 0.3 is 5.97 Å². The van der Waals surface area contributed by atoms with Gasteiger partial charge in [0, 0.05) is 11.5 Å². The zero-order chi connectivity index (χ0) is 28.2. The van der Waals surface area contributed by atoms with Crippen LogP contribution in [0.15, 0.2) is 67.3 Å². The largest absolute Gasteiger partial charge is 0.493 e. The molecule has 0 aliphatic heterocycles. The molecule has 0 aromatic heterocycles. The lowest BCUT2D eigenvalue weighted by Gasteiger charge is -2.12. The van der Waals surface area contributed by atoms with Crippen molar-refractivity contribution in [2.24, 2.45) is 11.8 Å². The first kappa shape index (κ1) is 34.0. The highest BCUT2D eigenvalue weighted by Gasteiger charge is 2.10. The fourth-order valence-corrected chi connectivity index (χ4v) is 4.92. The Morgan fingerprint density at radius 2 is 1.26 bits per heavy atom. The molecule has 38 heavy (non-hydrogen) atoms. The number of para-hydroxylation sites is 1. The zero-order valence-corrected chi connectivity index (χ0v) is 25.5. The van der Waals surface area contributed by atoms with Gasteiger partial charge in [-0.1, -0.05) is 91.7 Å². The second kappa shape index (κ2) is 20.9. The second-order valence-corrected chi connectivity index (χ2v) is 12.1. The molecule has 0 bridgehead atoms. The first-order chi connectivity index (χ1) is 18.3. The number of hydrogen-bond donors (Lipinski definition) is 0. The number of rotatable bonds is 13. The van der Waals surface area contributed by atoms with Crippen LogP contribution >= 0.6 is 47.0 Å². The average Bonchev–Trinajstić information content (AvgIpc) is 2.96. The minimum absolute atomic E-state index is 0.120. The number of carbonyl (C=O) groups excluding carboxylic acids is 3. The Hall–Kier alpha value is -2.01. The lowest BCUT2D eigenvalue weighted by Crippen LogP contribution is -2.11. The van der Waals surface area contributed by atoms with Gasteiger partial charge in [0.1, 0.15) is 18.1 Å². The van der Waals surface area contributed by atoms with Gasteiger partial charge in [0.25, 0.3) is 0 Å². The molecule has 0 N–H and O–H groups in total. The van der Waals surface area contributed by atoms with Gasteiger partial charge in [-0.3, -0.25) is 9.59 Å². The summed E-state index contributed by atoms with van der Waals surface area (Å²) < 4.78 is 16.5. The molecule has 6 nitrogen and oxygen atoms in total. The molecule has 0 fully saturated rings. The lowest BCUT2D eigenvalue weighted by molar-refractivity contribution is 0.0549. The summed E-state index contributed by atoms with van der Waals surface area (Å²) in [5.74, 6) is 3.37. The van der Waals surface area contributed by atoms with E-state index < -0.39 is 0 Å². The zero-order valence-electron chi connectivity index (χ0n) is 22.3. The molecule has 10 heteroatoms. The number of esters is 1. The summed E-state index contributed by atoms with van der Waals surface area (Å²) in [7, 11) is 0. The summed E-state index contributed by atoms with van der Waals surface area (Å²) in [6.07, 6.45) is 5.11. The molecule has 2 atom stereocenters. The van der Waals surface area contributed by atoms with E-state index in [1.54, 1.807) is 36.8 Å². The van der Waals surface area contributed by atoms with Crippen LogP contribution in [0.3, 0.4) is 0 Å². The fraction of sp³-hybridized carbons (Fsp3) is 0.393. The summed E-state index contributed by atoms with van der Waals surface area (Å²) in [5, 5.41) is 0. The van der Waals surface area contributed by atoms with Gasteiger partial charge in [0.05, 0.1) is 18.8 Å². The van der Waals surface area contributed by atoms with Crippen molar-refractivity contribution >= 4 is 61.9 Å². The van der Waals surface area contributed by atoms with E-state index in [-0.39, 0.29) is 27.4 Å². The highest BCUT2D eigenvalue weighted by Crippen LogP contribution is 2.20. The average molecular weight is 597 g/mol. The molecule has 0 saturated heterocycles. The van der Waals surface area contributed by atoms with Gasteiger partial charge < -0.3 is 14.2 Å². The van der Waals surface area contributed by atoms with Crippen molar-refractivity contribution in [2.45, 2.75) is 13.8 Å². The molecule has 2 unspecified atom stereocenters. The van der Waals surface area contributed by atoms with E-state index in [2.05, 4.69) is 13.5 Å². The Bertz CT molecular complexity index is 969. The molecule has 0 heterocycles. The molecular weight excluding hydrogens is 561 g/mol. The van der Waals surface area contributed by atoms with Crippen LogP contribution < -0.4 is 9.47 Å². The summed E-state index contributed by atoms with van der Waals surface area (Å²) >= 11 is 5.16. The van der Waals surface area contributed by atoms with Crippen molar-refractivity contribution in [1.29, 1.82) is 0 Å². The van der Waals surface area contributed by atoms with Crippen LogP contribution in [-0.2, 0) is 4.74 Å². The third kappa shape index (κ3) is 16.1. The smallest absolute Gasteiger partial charge is 0.338 e. The van der Waals surface area contributed by atoms with Crippen molar-refractivity contribution in [3.8, 4) is 11.5 Å². The summed E-state index contributed by atoms with van der Waals surface area (Å²) in [6.45, 7) is 8.98. The third-order valence-electron chi connectivity index (χ3n) is 4.54. The maximum absolute atomic E-state index is 11.6. The predicted molar refractivity (Wildman–Crippen MR) is 165 cm³/mol. The molecule has 2 rings (SSSR count). The van der Waals surface area contributed by atoms with E-state index in [9.17, 15) is 14.4 Å². The van der Waals surface area contributed by atoms with E-state index in [0.717, 1.165) is 17.3 Å². The van der Waals surface area contributed by atoms with Crippen molar-refractivity contribution in [3.05, 3.63) is 72.8 Å². The van der Waals surface area contributed by atoms with Crippen molar-refractivity contribution < 1.29 is 28.6 Å². The number of benzene rings is 2. The molecule has 0 aliphatic carbocycles. The molecule has 0 spiro atoms. The number of hydrogen-bond acceptors (Lipinski definition) is 10. The number of thioether (sulfide) groups is 4. The Balaban J connectivity index is 0.000000399. The first-order valence-corrected chi connectivity index (χ1v) is 16.3. The first-order valence-electron chi connectivity index (χ1n) is 11.9. The van der Waals surface area contributed by atoms with Crippen molar-refractivity contribution in [3.63, 3.8) is 0 Å². The lowest BCUT2D eigenvalue weighted by atomic mass is 10.2. The van der Waals surface area contributed by atoms with Gasteiger partial charge in [-0.15, -0.1) is 0 Å². The van der Waals surface area contributed by atoms with E-state index >= 15 is 0 Å². The predicted octanol–water partition coefficient (Wildman–Crippen LogP) is 8.18. The third-order valence-corrected chi connectivity index (χ3v) is 8.86. The van der Waals surface area contributed by atoms with Crippen LogP contribution in [0, 0.1) is 11.8 Å². The van der Waals surface area contributed by atoms with Crippen molar-refractivity contribution in [2.75, 3.05) is 43.8 Å².